The third-order valence-electron chi connectivity index (χ3n) is 4.73. The number of nitrogens with zero attached hydrogens (tertiary/aromatic N) is 4. The Morgan fingerprint density at radius 3 is 2.85 bits per heavy atom. The highest BCUT2D eigenvalue weighted by Crippen LogP contribution is 2.30. The number of aromatic nitrogens is 4. The minimum Gasteiger partial charge on any atom is -0.469 e. The summed E-state index contributed by atoms with van der Waals surface area (Å²) in [6.45, 7) is 7.85. The molecule has 170 valence electrons. The van der Waals surface area contributed by atoms with Crippen molar-refractivity contribution >= 4 is 34.1 Å². The van der Waals surface area contributed by atoms with Gasteiger partial charge in [-0.05, 0) is 38.1 Å². The number of nitrogens with one attached hydrogen (secondary N) is 1. The van der Waals surface area contributed by atoms with Gasteiger partial charge in [0.2, 0.25) is 5.91 Å². The second-order valence-corrected chi connectivity index (χ2v) is 9.18. The van der Waals surface area contributed by atoms with E-state index in [0.717, 1.165) is 23.5 Å². The van der Waals surface area contributed by atoms with Gasteiger partial charge in [-0.2, -0.15) is 0 Å². The summed E-state index contributed by atoms with van der Waals surface area (Å²) in [6.07, 6.45) is 3.32. The first-order valence-electron chi connectivity index (χ1n) is 9.84. The normalized spacial score (nSPS) is 12.0. The SMILES string of the molecule is C=CCn1c(SC(C)C(=O)Nc2nc(-c3ccc(F)c(F)c3)cs2)nnc1-c1ccoc1C. The van der Waals surface area contributed by atoms with Crippen LogP contribution in [0.2, 0.25) is 0 Å². The van der Waals surface area contributed by atoms with Crippen molar-refractivity contribution in [3.05, 3.63) is 66.0 Å². The third kappa shape index (κ3) is 4.88. The Kier molecular flexibility index (Phi) is 6.70. The Morgan fingerprint density at radius 1 is 1.33 bits per heavy atom. The fourth-order valence-corrected chi connectivity index (χ4v) is 4.60. The molecule has 11 heteroatoms. The zero-order valence-electron chi connectivity index (χ0n) is 17.7. The lowest BCUT2D eigenvalue weighted by atomic mass is 10.2. The van der Waals surface area contributed by atoms with E-state index in [1.165, 1.54) is 29.2 Å². The van der Waals surface area contributed by atoms with Crippen LogP contribution >= 0.6 is 23.1 Å². The van der Waals surface area contributed by atoms with Crippen LogP contribution in [0.1, 0.15) is 12.7 Å². The molecule has 0 aliphatic heterocycles. The van der Waals surface area contributed by atoms with E-state index < -0.39 is 16.9 Å². The number of amides is 1. The van der Waals surface area contributed by atoms with Crippen LogP contribution in [0, 0.1) is 18.6 Å². The molecule has 4 aromatic rings. The van der Waals surface area contributed by atoms with E-state index in [-0.39, 0.29) is 5.91 Å². The Bertz CT molecular complexity index is 1310. The van der Waals surface area contributed by atoms with Gasteiger partial charge >= 0.3 is 0 Å². The molecular formula is C22H19F2N5O2S2. The zero-order chi connectivity index (χ0) is 23.5. The number of rotatable bonds is 8. The van der Waals surface area contributed by atoms with Gasteiger partial charge in [0.05, 0.1) is 22.8 Å². The number of hydrogen-bond donors (Lipinski definition) is 1. The number of furan rings is 1. The molecule has 0 radical (unpaired) electrons. The first kappa shape index (κ1) is 22.9. The molecule has 0 spiro atoms. The number of benzene rings is 1. The lowest BCUT2D eigenvalue weighted by molar-refractivity contribution is -0.115. The first-order valence-corrected chi connectivity index (χ1v) is 11.6. The van der Waals surface area contributed by atoms with E-state index in [1.807, 2.05) is 17.6 Å². The second kappa shape index (κ2) is 9.67. The van der Waals surface area contributed by atoms with Crippen LogP contribution in [0.5, 0.6) is 0 Å². The van der Waals surface area contributed by atoms with Crippen LogP contribution < -0.4 is 5.32 Å². The average molecular weight is 488 g/mol. The van der Waals surface area contributed by atoms with Crippen LogP contribution in [0.15, 0.2) is 58.1 Å². The number of anilines is 1. The minimum absolute atomic E-state index is 0.277. The molecule has 1 aromatic carbocycles. The summed E-state index contributed by atoms with van der Waals surface area (Å²) in [4.78, 5) is 17.1. The van der Waals surface area contributed by atoms with Gasteiger partial charge in [0.25, 0.3) is 0 Å². The molecule has 7 nitrogen and oxygen atoms in total. The van der Waals surface area contributed by atoms with Crippen molar-refractivity contribution in [2.75, 3.05) is 5.32 Å². The largest absolute Gasteiger partial charge is 0.469 e. The summed E-state index contributed by atoms with van der Waals surface area (Å²) < 4.78 is 33.9. The maximum absolute atomic E-state index is 13.5. The molecule has 1 N–H and O–H groups in total. The van der Waals surface area contributed by atoms with E-state index in [1.54, 1.807) is 24.6 Å². The topological polar surface area (TPSA) is 85.8 Å². The van der Waals surface area contributed by atoms with Gasteiger partial charge in [-0.1, -0.05) is 17.8 Å². The van der Waals surface area contributed by atoms with Crippen molar-refractivity contribution in [3.8, 4) is 22.6 Å². The molecule has 33 heavy (non-hydrogen) atoms. The molecule has 0 fully saturated rings. The van der Waals surface area contributed by atoms with E-state index in [4.69, 9.17) is 4.42 Å². The zero-order valence-corrected chi connectivity index (χ0v) is 19.3. The molecule has 3 heterocycles. The second-order valence-electron chi connectivity index (χ2n) is 7.01. The predicted octanol–water partition coefficient (Wildman–Crippen LogP) is 5.55. The van der Waals surface area contributed by atoms with E-state index in [9.17, 15) is 13.6 Å². The number of thiazole rings is 1. The number of hydrogen-bond acceptors (Lipinski definition) is 7. The van der Waals surface area contributed by atoms with Gasteiger partial charge < -0.3 is 9.73 Å². The molecule has 1 amide bonds. The number of thioether (sulfide) groups is 1. The van der Waals surface area contributed by atoms with Crippen molar-refractivity contribution in [2.45, 2.75) is 30.8 Å². The number of halogens is 2. The third-order valence-corrected chi connectivity index (χ3v) is 6.57. The van der Waals surface area contributed by atoms with Gasteiger partial charge in [0, 0.05) is 17.5 Å². The fourth-order valence-electron chi connectivity index (χ4n) is 3.02. The van der Waals surface area contributed by atoms with E-state index in [0.29, 0.717) is 33.9 Å². The summed E-state index contributed by atoms with van der Waals surface area (Å²) in [6, 6.07) is 5.36. The molecule has 1 atom stereocenters. The van der Waals surface area contributed by atoms with Crippen LogP contribution in [0.3, 0.4) is 0 Å². The van der Waals surface area contributed by atoms with Crippen molar-refractivity contribution in [3.63, 3.8) is 0 Å². The van der Waals surface area contributed by atoms with Gasteiger partial charge in [-0.25, -0.2) is 13.8 Å². The standard InChI is InChI=1S/C22H19F2N5O2S2/c1-4-8-29-19(15-7-9-31-12(15)2)27-28-22(29)33-13(3)20(30)26-21-25-18(11-32-21)14-5-6-16(23)17(24)10-14/h4-7,9-11,13H,1,8H2,2-3H3,(H,25,26,30). The maximum atomic E-state index is 13.5. The van der Waals surface area contributed by atoms with Crippen LogP contribution in [0.25, 0.3) is 22.6 Å². The predicted molar refractivity (Wildman–Crippen MR) is 124 cm³/mol. The summed E-state index contributed by atoms with van der Waals surface area (Å²) in [5, 5.41) is 13.4. The highest BCUT2D eigenvalue weighted by Gasteiger charge is 2.22. The summed E-state index contributed by atoms with van der Waals surface area (Å²) in [5.41, 5.74) is 1.69. The maximum Gasteiger partial charge on any atom is 0.239 e. The molecule has 0 bridgehead atoms. The van der Waals surface area contributed by atoms with Crippen LogP contribution in [-0.4, -0.2) is 30.9 Å². The first-order chi connectivity index (χ1) is 15.9. The number of allylic oxidation sites excluding steroid dienone is 1. The van der Waals surface area contributed by atoms with Gasteiger partial charge in [-0.15, -0.1) is 28.1 Å². The molecule has 4 rings (SSSR count). The van der Waals surface area contributed by atoms with Crippen molar-refractivity contribution in [2.24, 2.45) is 0 Å². The Labute approximate surface area is 196 Å². The summed E-state index contributed by atoms with van der Waals surface area (Å²) in [5.74, 6) is -0.808. The summed E-state index contributed by atoms with van der Waals surface area (Å²) >= 11 is 2.45. The smallest absolute Gasteiger partial charge is 0.239 e. The molecule has 3 aromatic heterocycles. The number of aryl methyl sites for hydroxylation is 1. The van der Waals surface area contributed by atoms with Crippen molar-refractivity contribution in [1.29, 1.82) is 0 Å². The summed E-state index contributed by atoms with van der Waals surface area (Å²) in [7, 11) is 0. The molecule has 0 saturated heterocycles. The highest BCUT2D eigenvalue weighted by atomic mass is 32.2. The fraction of sp³-hybridized carbons (Fsp3) is 0.182. The average Bonchev–Trinajstić information content (AvgIpc) is 3.51. The van der Waals surface area contributed by atoms with Crippen LogP contribution in [0.4, 0.5) is 13.9 Å². The van der Waals surface area contributed by atoms with Gasteiger partial charge in [0.15, 0.2) is 27.7 Å². The molecular weight excluding hydrogens is 468 g/mol. The number of carbonyl (C=O) groups excluding carboxylic acids is 1. The molecule has 1 unspecified atom stereocenters. The Hall–Kier alpha value is -3.31. The van der Waals surface area contributed by atoms with Crippen molar-refractivity contribution in [1.82, 2.24) is 19.7 Å². The quantitative estimate of drug-likeness (QED) is 0.259. The van der Waals surface area contributed by atoms with E-state index in [2.05, 4.69) is 27.1 Å². The van der Waals surface area contributed by atoms with Crippen molar-refractivity contribution < 1.29 is 18.0 Å². The Morgan fingerprint density at radius 2 is 2.15 bits per heavy atom. The van der Waals surface area contributed by atoms with E-state index >= 15 is 0 Å². The molecule has 0 aliphatic rings. The van der Waals surface area contributed by atoms with Gasteiger partial charge in [-0.3, -0.25) is 9.36 Å². The monoisotopic (exact) mass is 487 g/mol. The van der Waals surface area contributed by atoms with Gasteiger partial charge in [0.1, 0.15) is 5.76 Å². The molecule has 0 aliphatic carbocycles. The van der Waals surface area contributed by atoms with Crippen LogP contribution in [-0.2, 0) is 11.3 Å². The molecule has 0 saturated carbocycles. The number of carbonyl (C=O) groups is 1. The highest BCUT2D eigenvalue weighted by molar-refractivity contribution is 8.00. The Balaban J connectivity index is 1.47. The lowest BCUT2D eigenvalue weighted by Gasteiger charge is -2.11. The minimum atomic E-state index is -0.954. The lowest BCUT2D eigenvalue weighted by Crippen LogP contribution is -2.22.